The normalized spacial score (nSPS) is 14.4. The Labute approximate surface area is 114 Å². The molecular weight excluding hydrogens is 242 g/mol. The van der Waals surface area contributed by atoms with Crippen molar-refractivity contribution >= 4 is 5.97 Å². The number of nitrogens with one attached hydrogen (secondary N) is 1. The van der Waals surface area contributed by atoms with Gasteiger partial charge < -0.3 is 15.5 Å². The zero-order chi connectivity index (χ0) is 14.6. The van der Waals surface area contributed by atoms with E-state index >= 15 is 0 Å². The van der Waals surface area contributed by atoms with Crippen molar-refractivity contribution in [2.75, 3.05) is 0 Å². The number of aliphatic carboxylic acids is 1. The average molecular weight is 265 g/mol. The van der Waals surface area contributed by atoms with Crippen LogP contribution in [0.3, 0.4) is 0 Å². The molecule has 0 radical (unpaired) electrons. The molecule has 0 aliphatic rings. The fraction of sp³-hybridized carbons (Fsp3) is 0.533. The molecule has 0 fully saturated rings. The molecule has 106 valence electrons. The summed E-state index contributed by atoms with van der Waals surface area (Å²) in [4.78, 5) is 10.9. The SMILES string of the molecule is Cc1ccc(C(O)C(CC(=O)O)NC(C)C)cc1C. The van der Waals surface area contributed by atoms with E-state index in [9.17, 15) is 9.90 Å². The van der Waals surface area contributed by atoms with Crippen molar-refractivity contribution in [2.24, 2.45) is 0 Å². The first kappa shape index (κ1) is 15.7. The number of rotatable bonds is 6. The zero-order valence-electron chi connectivity index (χ0n) is 12.0. The molecule has 19 heavy (non-hydrogen) atoms. The van der Waals surface area contributed by atoms with Gasteiger partial charge in [-0.25, -0.2) is 0 Å². The Balaban J connectivity index is 2.93. The van der Waals surface area contributed by atoms with E-state index in [0.717, 1.165) is 16.7 Å². The van der Waals surface area contributed by atoms with Crippen molar-refractivity contribution in [1.29, 1.82) is 0 Å². The molecule has 1 aromatic rings. The van der Waals surface area contributed by atoms with Gasteiger partial charge >= 0.3 is 5.97 Å². The number of aryl methyl sites for hydroxylation is 2. The van der Waals surface area contributed by atoms with Gasteiger partial charge in [-0.1, -0.05) is 32.0 Å². The summed E-state index contributed by atoms with van der Waals surface area (Å²) < 4.78 is 0. The maximum Gasteiger partial charge on any atom is 0.305 e. The van der Waals surface area contributed by atoms with Gasteiger partial charge in [-0.3, -0.25) is 4.79 Å². The molecule has 2 atom stereocenters. The number of carboxylic acids is 1. The third-order valence-electron chi connectivity index (χ3n) is 3.20. The standard InChI is InChI=1S/C15H23NO3/c1-9(2)16-13(8-14(17)18)15(19)12-6-5-10(3)11(4)7-12/h5-7,9,13,15-16,19H,8H2,1-4H3,(H,17,18). The third-order valence-corrected chi connectivity index (χ3v) is 3.20. The summed E-state index contributed by atoms with van der Waals surface area (Å²) in [7, 11) is 0. The average Bonchev–Trinajstić information content (AvgIpc) is 2.29. The second-order valence-corrected chi connectivity index (χ2v) is 5.31. The van der Waals surface area contributed by atoms with Crippen molar-refractivity contribution in [1.82, 2.24) is 5.32 Å². The monoisotopic (exact) mass is 265 g/mol. The summed E-state index contributed by atoms with van der Waals surface area (Å²) in [5, 5.41) is 22.4. The van der Waals surface area contributed by atoms with E-state index in [1.54, 1.807) is 0 Å². The van der Waals surface area contributed by atoms with Gasteiger partial charge in [0.05, 0.1) is 12.5 Å². The number of hydrogen-bond donors (Lipinski definition) is 3. The van der Waals surface area contributed by atoms with E-state index in [2.05, 4.69) is 5.32 Å². The van der Waals surface area contributed by atoms with Gasteiger partial charge in [0, 0.05) is 12.1 Å². The maximum absolute atomic E-state index is 10.9. The van der Waals surface area contributed by atoms with Crippen LogP contribution in [0.25, 0.3) is 0 Å². The van der Waals surface area contributed by atoms with Gasteiger partial charge in [0.1, 0.15) is 0 Å². The Morgan fingerprint density at radius 3 is 2.37 bits per heavy atom. The smallest absolute Gasteiger partial charge is 0.305 e. The van der Waals surface area contributed by atoms with Gasteiger partial charge in [0.2, 0.25) is 0 Å². The lowest BCUT2D eigenvalue weighted by Crippen LogP contribution is -2.40. The molecule has 4 nitrogen and oxygen atoms in total. The molecule has 0 saturated heterocycles. The lowest BCUT2D eigenvalue weighted by atomic mass is 9.96. The summed E-state index contributed by atoms with van der Waals surface area (Å²) in [6.45, 7) is 7.85. The number of aliphatic hydroxyl groups is 1. The summed E-state index contributed by atoms with van der Waals surface area (Å²) >= 11 is 0. The number of aliphatic hydroxyl groups excluding tert-OH is 1. The molecular formula is C15H23NO3. The molecule has 0 spiro atoms. The summed E-state index contributed by atoms with van der Waals surface area (Å²) in [5.74, 6) is -0.916. The van der Waals surface area contributed by atoms with Crippen LogP contribution in [0.1, 0.15) is 43.1 Å². The van der Waals surface area contributed by atoms with Crippen LogP contribution in [0.15, 0.2) is 18.2 Å². The van der Waals surface area contributed by atoms with Crippen LogP contribution in [0.2, 0.25) is 0 Å². The predicted molar refractivity (Wildman–Crippen MR) is 75.2 cm³/mol. The van der Waals surface area contributed by atoms with Crippen LogP contribution < -0.4 is 5.32 Å². The van der Waals surface area contributed by atoms with Crippen molar-refractivity contribution < 1.29 is 15.0 Å². The quantitative estimate of drug-likeness (QED) is 0.737. The second kappa shape index (κ2) is 6.68. The van der Waals surface area contributed by atoms with Gasteiger partial charge in [0.15, 0.2) is 0 Å². The molecule has 0 heterocycles. The highest BCUT2D eigenvalue weighted by atomic mass is 16.4. The Hall–Kier alpha value is -1.39. The predicted octanol–water partition coefficient (Wildman–Crippen LogP) is 2.18. The minimum absolute atomic E-state index is 0.105. The molecule has 0 amide bonds. The van der Waals surface area contributed by atoms with E-state index in [1.807, 2.05) is 45.9 Å². The van der Waals surface area contributed by atoms with Crippen LogP contribution >= 0.6 is 0 Å². The Kier molecular flexibility index (Phi) is 5.51. The first-order valence-electron chi connectivity index (χ1n) is 6.54. The fourth-order valence-electron chi connectivity index (χ4n) is 2.06. The molecule has 0 aliphatic carbocycles. The highest BCUT2D eigenvalue weighted by Gasteiger charge is 2.24. The van der Waals surface area contributed by atoms with Gasteiger partial charge in [-0.2, -0.15) is 0 Å². The van der Waals surface area contributed by atoms with Crippen LogP contribution in [0.5, 0.6) is 0 Å². The summed E-state index contributed by atoms with van der Waals surface area (Å²) in [6, 6.07) is 5.34. The van der Waals surface area contributed by atoms with Crippen molar-refractivity contribution in [3.63, 3.8) is 0 Å². The summed E-state index contributed by atoms with van der Waals surface area (Å²) in [6.07, 6.45) is -0.926. The van der Waals surface area contributed by atoms with Crippen LogP contribution in [0.4, 0.5) is 0 Å². The zero-order valence-corrected chi connectivity index (χ0v) is 12.0. The summed E-state index contributed by atoms with van der Waals surface area (Å²) in [5.41, 5.74) is 3.00. The molecule has 0 bridgehead atoms. The number of carboxylic acid groups (broad SMARTS) is 1. The van der Waals surface area contributed by atoms with Gasteiger partial charge in [-0.05, 0) is 30.5 Å². The molecule has 1 rings (SSSR count). The lowest BCUT2D eigenvalue weighted by Gasteiger charge is -2.25. The second-order valence-electron chi connectivity index (χ2n) is 5.31. The van der Waals surface area contributed by atoms with Crippen LogP contribution in [-0.2, 0) is 4.79 Å². The topological polar surface area (TPSA) is 69.6 Å². The highest BCUT2D eigenvalue weighted by molar-refractivity contribution is 5.67. The first-order chi connectivity index (χ1) is 8.81. The number of benzene rings is 1. The number of hydrogen-bond acceptors (Lipinski definition) is 3. The molecule has 3 N–H and O–H groups in total. The van der Waals surface area contributed by atoms with Gasteiger partial charge in [0.25, 0.3) is 0 Å². The van der Waals surface area contributed by atoms with Crippen LogP contribution in [0, 0.1) is 13.8 Å². The minimum atomic E-state index is -0.916. The first-order valence-corrected chi connectivity index (χ1v) is 6.54. The van der Waals surface area contributed by atoms with E-state index in [0.29, 0.717) is 0 Å². The molecule has 2 unspecified atom stereocenters. The number of carbonyl (C=O) groups is 1. The van der Waals surface area contributed by atoms with E-state index in [1.165, 1.54) is 0 Å². The van der Waals surface area contributed by atoms with Crippen LogP contribution in [-0.4, -0.2) is 28.3 Å². The molecule has 4 heteroatoms. The lowest BCUT2D eigenvalue weighted by molar-refractivity contribution is -0.138. The van der Waals surface area contributed by atoms with E-state index < -0.39 is 18.1 Å². The maximum atomic E-state index is 10.9. The van der Waals surface area contributed by atoms with Gasteiger partial charge in [-0.15, -0.1) is 0 Å². The molecule has 1 aromatic carbocycles. The Bertz CT molecular complexity index is 443. The van der Waals surface area contributed by atoms with Crippen molar-refractivity contribution in [3.8, 4) is 0 Å². The van der Waals surface area contributed by atoms with Crippen molar-refractivity contribution in [3.05, 3.63) is 34.9 Å². The molecule has 0 aromatic heterocycles. The van der Waals surface area contributed by atoms with Crippen molar-refractivity contribution in [2.45, 2.75) is 52.3 Å². The molecule has 0 saturated carbocycles. The fourth-order valence-corrected chi connectivity index (χ4v) is 2.06. The Morgan fingerprint density at radius 2 is 1.89 bits per heavy atom. The minimum Gasteiger partial charge on any atom is -0.481 e. The molecule has 0 aliphatic heterocycles. The highest BCUT2D eigenvalue weighted by Crippen LogP contribution is 2.22. The van der Waals surface area contributed by atoms with E-state index in [4.69, 9.17) is 5.11 Å². The Morgan fingerprint density at radius 1 is 1.26 bits per heavy atom. The van der Waals surface area contributed by atoms with E-state index in [-0.39, 0.29) is 12.5 Å². The largest absolute Gasteiger partial charge is 0.481 e. The third kappa shape index (κ3) is 4.65.